The second-order valence-corrected chi connectivity index (χ2v) is 3.45. The van der Waals surface area contributed by atoms with Gasteiger partial charge in [-0.2, -0.15) is 0 Å². The van der Waals surface area contributed by atoms with Gasteiger partial charge in [-0.15, -0.1) is 0 Å². The van der Waals surface area contributed by atoms with Crippen LogP contribution in [-0.2, 0) is 0 Å². The quantitative estimate of drug-likeness (QED) is 0.770. The Hall–Kier alpha value is -1.16. The number of halogens is 2. The molecule has 0 bridgehead atoms. The third kappa shape index (κ3) is 1.27. The van der Waals surface area contributed by atoms with Crippen molar-refractivity contribution in [3.63, 3.8) is 0 Å². The van der Waals surface area contributed by atoms with E-state index in [2.05, 4.69) is 20.9 Å². The molecule has 0 aliphatic rings. The maximum absolute atomic E-state index is 13.3. The molecule has 0 amide bonds. The van der Waals surface area contributed by atoms with Gasteiger partial charge in [0.05, 0.1) is 5.52 Å². The second-order valence-electron chi connectivity index (χ2n) is 2.59. The first-order chi connectivity index (χ1) is 6.20. The van der Waals surface area contributed by atoms with E-state index < -0.39 is 5.82 Å². The number of aromatic hydroxyl groups is 1. The molecule has 0 aliphatic carbocycles. The van der Waals surface area contributed by atoms with Gasteiger partial charge in [0.2, 0.25) is 0 Å². The van der Waals surface area contributed by atoms with Gasteiger partial charge < -0.3 is 5.11 Å². The Morgan fingerprint density at radius 1 is 1.46 bits per heavy atom. The molecular weight excluding hydrogens is 237 g/mol. The molecule has 0 aliphatic heterocycles. The van der Waals surface area contributed by atoms with Gasteiger partial charge >= 0.3 is 0 Å². The summed E-state index contributed by atoms with van der Waals surface area (Å²) in [5.41, 5.74) is 0.512. The van der Waals surface area contributed by atoms with Crippen molar-refractivity contribution in [2.24, 2.45) is 0 Å². The van der Waals surface area contributed by atoms with Gasteiger partial charge in [0.15, 0.2) is 11.6 Å². The van der Waals surface area contributed by atoms with Crippen LogP contribution in [0.3, 0.4) is 0 Å². The van der Waals surface area contributed by atoms with Gasteiger partial charge in [0.25, 0.3) is 0 Å². The van der Waals surface area contributed by atoms with E-state index in [0.717, 1.165) is 0 Å². The van der Waals surface area contributed by atoms with E-state index in [-0.39, 0.29) is 5.75 Å². The van der Waals surface area contributed by atoms with Crippen molar-refractivity contribution in [3.05, 3.63) is 34.7 Å². The molecule has 0 unspecified atom stereocenters. The SMILES string of the molecule is Oc1cc(Br)c2ncccc2c1F. The van der Waals surface area contributed by atoms with Crippen LogP contribution in [0.1, 0.15) is 0 Å². The summed E-state index contributed by atoms with van der Waals surface area (Å²) < 4.78 is 13.9. The summed E-state index contributed by atoms with van der Waals surface area (Å²) in [7, 11) is 0. The summed E-state index contributed by atoms with van der Waals surface area (Å²) in [6.07, 6.45) is 1.57. The number of benzene rings is 1. The largest absolute Gasteiger partial charge is 0.505 e. The lowest BCUT2D eigenvalue weighted by molar-refractivity contribution is 0.435. The smallest absolute Gasteiger partial charge is 0.174 e. The Bertz CT molecular complexity index is 472. The number of hydrogen-bond acceptors (Lipinski definition) is 2. The summed E-state index contributed by atoms with van der Waals surface area (Å²) >= 11 is 3.19. The lowest BCUT2D eigenvalue weighted by Gasteiger charge is -2.02. The topological polar surface area (TPSA) is 33.1 Å². The number of nitrogens with zero attached hydrogens (tertiary/aromatic N) is 1. The summed E-state index contributed by atoms with van der Waals surface area (Å²) in [6.45, 7) is 0. The van der Waals surface area contributed by atoms with Crippen molar-refractivity contribution in [2.75, 3.05) is 0 Å². The zero-order chi connectivity index (χ0) is 9.42. The normalized spacial score (nSPS) is 10.6. The van der Waals surface area contributed by atoms with E-state index >= 15 is 0 Å². The molecule has 4 heteroatoms. The van der Waals surface area contributed by atoms with Crippen molar-refractivity contribution in [3.8, 4) is 5.75 Å². The number of hydrogen-bond donors (Lipinski definition) is 1. The van der Waals surface area contributed by atoms with Gasteiger partial charge in [-0.3, -0.25) is 4.98 Å². The molecule has 0 saturated heterocycles. The average molecular weight is 242 g/mol. The fourth-order valence-corrected chi connectivity index (χ4v) is 1.70. The summed E-state index contributed by atoms with van der Waals surface area (Å²) in [5.74, 6) is -1.00. The molecule has 2 nitrogen and oxygen atoms in total. The van der Waals surface area contributed by atoms with Crippen LogP contribution >= 0.6 is 15.9 Å². The maximum Gasteiger partial charge on any atom is 0.174 e. The Morgan fingerprint density at radius 2 is 2.23 bits per heavy atom. The molecule has 0 spiro atoms. The van der Waals surface area contributed by atoms with Crippen molar-refractivity contribution in [1.82, 2.24) is 4.98 Å². The molecule has 0 radical (unpaired) electrons. The van der Waals surface area contributed by atoms with E-state index in [1.807, 2.05) is 0 Å². The molecule has 13 heavy (non-hydrogen) atoms. The van der Waals surface area contributed by atoms with Crippen molar-refractivity contribution >= 4 is 26.8 Å². The van der Waals surface area contributed by atoms with Crippen LogP contribution in [0.4, 0.5) is 4.39 Å². The zero-order valence-corrected chi connectivity index (χ0v) is 8.05. The third-order valence-electron chi connectivity index (χ3n) is 1.76. The molecule has 2 rings (SSSR count). The molecule has 2 aromatic rings. The first kappa shape index (κ1) is 8.44. The minimum atomic E-state index is -0.633. The van der Waals surface area contributed by atoms with Gasteiger partial charge in [-0.05, 0) is 34.1 Å². The van der Waals surface area contributed by atoms with E-state index in [9.17, 15) is 4.39 Å². The van der Waals surface area contributed by atoms with Gasteiger partial charge in [-0.25, -0.2) is 4.39 Å². The first-order valence-corrected chi connectivity index (χ1v) is 4.41. The summed E-state index contributed by atoms with van der Waals surface area (Å²) in [4.78, 5) is 3.98. The van der Waals surface area contributed by atoms with Crippen molar-refractivity contribution < 1.29 is 9.50 Å². The molecule has 66 valence electrons. The van der Waals surface area contributed by atoms with E-state index in [1.54, 1.807) is 18.3 Å². The highest BCUT2D eigenvalue weighted by atomic mass is 79.9. The molecule has 1 aromatic heterocycles. The Kier molecular flexibility index (Phi) is 1.92. The Balaban J connectivity index is 2.97. The molecule has 1 heterocycles. The third-order valence-corrected chi connectivity index (χ3v) is 2.36. The maximum atomic E-state index is 13.3. The van der Waals surface area contributed by atoms with Crippen LogP contribution in [0.5, 0.6) is 5.75 Å². The van der Waals surface area contributed by atoms with E-state index in [0.29, 0.717) is 15.4 Å². The number of rotatable bonds is 0. The number of phenols is 1. The Morgan fingerprint density at radius 3 is 3.00 bits per heavy atom. The molecule has 1 aromatic carbocycles. The molecule has 0 fully saturated rings. The monoisotopic (exact) mass is 241 g/mol. The minimum Gasteiger partial charge on any atom is -0.505 e. The van der Waals surface area contributed by atoms with Crippen molar-refractivity contribution in [1.29, 1.82) is 0 Å². The van der Waals surface area contributed by atoms with Crippen LogP contribution in [0.2, 0.25) is 0 Å². The lowest BCUT2D eigenvalue weighted by atomic mass is 10.2. The summed E-state index contributed by atoms with van der Waals surface area (Å²) in [6, 6.07) is 4.49. The predicted octanol–water partition coefficient (Wildman–Crippen LogP) is 2.84. The van der Waals surface area contributed by atoms with Gasteiger partial charge in [0.1, 0.15) is 0 Å². The first-order valence-electron chi connectivity index (χ1n) is 3.62. The molecule has 0 atom stereocenters. The van der Waals surface area contributed by atoms with Crippen LogP contribution in [0.25, 0.3) is 10.9 Å². The van der Waals surface area contributed by atoms with Crippen molar-refractivity contribution in [2.45, 2.75) is 0 Å². The second kappa shape index (κ2) is 2.96. The fourth-order valence-electron chi connectivity index (χ4n) is 1.16. The van der Waals surface area contributed by atoms with E-state index in [4.69, 9.17) is 5.11 Å². The highest BCUT2D eigenvalue weighted by Gasteiger charge is 2.09. The summed E-state index contributed by atoms with van der Waals surface area (Å²) in [5, 5.41) is 9.48. The highest BCUT2D eigenvalue weighted by molar-refractivity contribution is 9.10. The molecule has 1 N–H and O–H groups in total. The molecular formula is C9H5BrFNO. The lowest BCUT2D eigenvalue weighted by Crippen LogP contribution is -1.85. The number of aromatic nitrogens is 1. The van der Waals surface area contributed by atoms with Gasteiger partial charge in [0, 0.05) is 16.1 Å². The van der Waals surface area contributed by atoms with Crippen LogP contribution in [0, 0.1) is 5.82 Å². The number of fused-ring (bicyclic) bond motifs is 1. The molecule has 0 saturated carbocycles. The Labute approximate surface area is 82.2 Å². The number of pyridine rings is 1. The van der Waals surface area contributed by atoms with E-state index in [1.165, 1.54) is 6.07 Å². The highest BCUT2D eigenvalue weighted by Crippen LogP contribution is 2.30. The predicted molar refractivity (Wildman–Crippen MR) is 51.1 cm³/mol. The minimum absolute atomic E-state index is 0.314. The fraction of sp³-hybridized carbons (Fsp3) is 0. The standard InChI is InChI=1S/C9H5BrFNO/c10-6-4-7(13)8(11)5-2-1-3-12-9(5)6/h1-4,13H. The average Bonchev–Trinajstić information content (AvgIpc) is 2.15. The van der Waals surface area contributed by atoms with Crippen LogP contribution < -0.4 is 0 Å². The number of phenolic OH excluding ortho intramolecular Hbond substituents is 1. The zero-order valence-electron chi connectivity index (χ0n) is 6.46. The van der Waals surface area contributed by atoms with Gasteiger partial charge in [-0.1, -0.05) is 0 Å². The van der Waals surface area contributed by atoms with Crippen LogP contribution in [0.15, 0.2) is 28.9 Å². The van der Waals surface area contributed by atoms with Crippen LogP contribution in [-0.4, -0.2) is 10.1 Å².